The topological polar surface area (TPSA) is 26.3 Å². The lowest BCUT2D eigenvalue weighted by Crippen LogP contribution is -1.96. The van der Waals surface area contributed by atoms with Gasteiger partial charge in [-0.3, -0.25) is 4.79 Å². The zero-order valence-corrected chi connectivity index (χ0v) is 11.5. The summed E-state index contributed by atoms with van der Waals surface area (Å²) in [5.41, 5.74) is 2.12. The first-order valence-corrected chi connectivity index (χ1v) is 6.58. The molecule has 0 spiro atoms. The van der Waals surface area contributed by atoms with Crippen molar-refractivity contribution >= 4 is 11.9 Å². The number of allylic oxidation sites excluding steroid dienone is 1. The van der Waals surface area contributed by atoms with Crippen LogP contribution >= 0.6 is 0 Å². The molecular formula is C18H17O2. The van der Waals surface area contributed by atoms with Crippen LogP contribution in [0.25, 0.3) is 6.08 Å². The number of benzene rings is 2. The normalized spacial score (nSPS) is 10.7. The molecule has 2 rings (SSSR count). The predicted octanol–water partition coefficient (Wildman–Crippen LogP) is 3.71. The Balaban J connectivity index is 1.87. The molecule has 0 amide bonds. The minimum Gasteiger partial charge on any atom is -0.497 e. The van der Waals surface area contributed by atoms with Crippen molar-refractivity contribution in [3.63, 3.8) is 0 Å². The maximum absolute atomic E-state index is 11.8. The fourth-order valence-electron chi connectivity index (χ4n) is 1.88. The summed E-state index contributed by atoms with van der Waals surface area (Å²) in [5, 5.41) is 0. The summed E-state index contributed by atoms with van der Waals surface area (Å²) in [7, 11) is 1.64. The van der Waals surface area contributed by atoms with Gasteiger partial charge in [-0.05, 0) is 41.8 Å². The predicted molar refractivity (Wildman–Crippen MR) is 80.6 cm³/mol. The summed E-state index contributed by atoms with van der Waals surface area (Å²) in [4.78, 5) is 11.8. The Kier molecular flexibility index (Phi) is 5.13. The average Bonchev–Trinajstić information content (AvgIpc) is 2.52. The zero-order valence-electron chi connectivity index (χ0n) is 11.5. The molecule has 0 aliphatic carbocycles. The Bertz CT molecular complexity index is 585. The van der Waals surface area contributed by atoms with E-state index in [-0.39, 0.29) is 5.78 Å². The van der Waals surface area contributed by atoms with Gasteiger partial charge in [-0.15, -0.1) is 0 Å². The first kappa shape index (κ1) is 14.1. The number of carbonyl (C=O) groups excluding carboxylic acids is 1. The molecule has 0 aliphatic rings. The summed E-state index contributed by atoms with van der Waals surface area (Å²) in [6.07, 6.45) is 4.70. The lowest BCUT2D eigenvalue weighted by Gasteiger charge is -2.03. The third-order valence-electron chi connectivity index (χ3n) is 3.00. The maximum Gasteiger partial charge on any atom is 0.156 e. The van der Waals surface area contributed by atoms with E-state index in [1.807, 2.05) is 54.6 Å². The van der Waals surface area contributed by atoms with Crippen LogP contribution in [0.15, 0.2) is 54.6 Å². The Morgan fingerprint density at radius 3 is 2.80 bits per heavy atom. The molecule has 2 aromatic rings. The van der Waals surface area contributed by atoms with Crippen LogP contribution < -0.4 is 4.74 Å². The van der Waals surface area contributed by atoms with Gasteiger partial charge in [0, 0.05) is 6.42 Å². The highest BCUT2D eigenvalue weighted by atomic mass is 16.5. The molecule has 0 unspecified atom stereocenters. The van der Waals surface area contributed by atoms with Crippen molar-refractivity contribution in [2.75, 3.05) is 7.11 Å². The van der Waals surface area contributed by atoms with Crippen LogP contribution in [0.2, 0.25) is 0 Å². The van der Waals surface area contributed by atoms with Crippen LogP contribution in [0.4, 0.5) is 0 Å². The van der Waals surface area contributed by atoms with Gasteiger partial charge < -0.3 is 4.74 Å². The Morgan fingerprint density at radius 2 is 2.05 bits per heavy atom. The lowest BCUT2D eigenvalue weighted by atomic mass is 10.1. The molecule has 0 saturated carbocycles. The number of hydrogen-bond donors (Lipinski definition) is 0. The number of rotatable bonds is 6. The SMILES string of the molecule is COc1cccc(CCC(=O)C=Cc2cc[c]cc2)c1. The van der Waals surface area contributed by atoms with Crippen LogP contribution in [-0.4, -0.2) is 12.9 Å². The second-order valence-electron chi connectivity index (χ2n) is 4.48. The smallest absolute Gasteiger partial charge is 0.156 e. The van der Waals surface area contributed by atoms with Crippen molar-refractivity contribution in [1.29, 1.82) is 0 Å². The van der Waals surface area contributed by atoms with Gasteiger partial charge in [-0.1, -0.05) is 42.5 Å². The van der Waals surface area contributed by atoms with E-state index in [9.17, 15) is 4.79 Å². The molecule has 0 aromatic heterocycles. The Labute approximate surface area is 119 Å². The van der Waals surface area contributed by atoms with Crippen LogP contribution in [0, 0.1) is 6.07 Å². The van der Waals surface area contributed by atoms with Crippen LogP contribution in [-0.2, 0) is 11.2 Å². The molecule has 2 nitrogen and oxygen atoms in total. The van der Waals surface area contributed by atoms with Crippen LogP contribution in [0.5, 0.6) is 5.75 Å². The second-order valence-corrected chi connectivity index (χ2v) is 4.48. The van der Waals surface area contributed by atoms with E-state index in [4.69, 9.17) is 4.74 Å². The number of methoxy groups -OCH3 is 1. The van der Waals surface area contributed by atoms with Gasteiger partial charge in [0.2, 0.25) is 0 Å². The number of aryl methyl sites for hydroxylation is 1. The van der Waals surface area contributed by atoms with Crippen molar-refractivity contribution < 1.29 is 9.53 Å². The number of ether oxygens (including phenoxy) is 1. The Morgan fingerprint density at radius 1 is 1.25 bits per heavy atom. The number of hydrogen-bond acceptors (Lipinski definition) is 2. The lowest BCUT2D eigenvalue weighted by molar-refractivity contribution is -0.114. The quantitative estimate of drug-likeness (QED) is 0.744. The van der Waals surface area contributed by atoms with E-state index >= 15 is 0 Å². The molecule has 2 aromatic carbocycles. The van der Waals surface area contributed by atoms with Gasteiger partial charge in [0.1, 0.15) is 5.75 Å². The molecule has 0 saturated heterocycles. The molecule has 0 atom stereocenters. The van der Waals surface area contributed by atoms with E-state index in [0.29, 0.717) is 6.42 Å². The molecule has 1 radical (unpaired) electrons. The molecule has 2 heteroatoms. The summed E-state index contributed by atoms with van der Waals surface area (Å²) in [5.74, 6) is 0.951. The van der Waals surface area contributed by atoms with Crippen molar-refractivity contribution in [2.45, 2.75) is 12.8 Å². The summed E-state index contributed by atoms with van der Waals surface area (Å²) in [6.45, 7) is 0. The standard InChI is InChI=1S/C18H17O2/c1-20-18-9-5-8-16(14-18)11-13-17(19)12-10-15-6-3-2-4-7-15/h3-10,12,14H,11,13H2,1H3. The minimum atomic E-state index is 0.126. The molecule has 101 valence electrons. The van der Waals surface area contributed by atoms with Crippen LogP contribution in [0.1, 0.15) is 17.5 Å². The molecule has 20 heavy (non-hydrogen) atoms. The third-order valence-corrected chi connectivity index (χ3v) is 3.00. The van der Waals surface area contributed by atoms with Gasteiger partial charge >= 0.3 is 0 Å². The van der Waals surface area contributed by atoms with Crippen molar-refractivity contribution in [3.05, 3.63) is 71.8 Å². The molecule has 0 aliphatic heterocycles. The first-order chi connectivity index (χ1) is 9.78. The van der Waals surface area contributed by atoms with E-state index in [2.05, 4.69) is 6.07 Å². The average molecular weight is 265 g/mol. The fourth-order valence-corrected chi connectivity index (χ4v) is 1.88. The number of carbonyl (C=O) groups is 1. The highest BCUT2D eigenvalue weighted by Gasteiger charge is 2.00. The van der Waals surface area contributed by atoms with Crippen molar-refractivity contribution in [2.24, 2.45) is 0 Å². The minimum absolute atomic E-state index is 0.126. The van der Waals surface area contributed by atoms with Gasteiger partial charge in [-0.2, -0.15) is 0 Å². The van der Waals surface area contributed by atoms with Gasteiger partial charge in [-0.25, -0.2) is 0 Å². The summed E-state index contributed by atoms with van der Waals surface area (Å²) < 4.78 is 5.17. The van der Waals surface area contributed by atoms with Crippen molar-refractivity contribution in [3.8, 4) is 5.75 Å². The van der Waals surface area contributed by atoms with E-state index in [1.165, 1.54) is 0 Å². The van der Waals surface area contributed by atoms with Crippen molar-refractivity contribution in [1.82, 2.24) is 0 Å². The highest BCUT2D eigenvalue weighted by Crippen LogP contribution is 2.14. The molecular weight excluding hydrogens is 248 g/mol. The monoisotopic (exact) mass is 265 g/mol. The number of ketones is 1. The van der Waals surface area contributed by atoms with Gasteiger partial charge in [0.15, 0.2) is 5.78 Å². The van der Waals surface area contributed by atoms with Crippen LogP contribution in [0.3, 0.4) is 0 Å². The summed E-state index contributed by atoms with van der Waals surface area (Å²) in [6, 6.07) is 18.3. The first-order valence-electron chi connectivity index (χ1n) is 6.58. The van der Waals surface area contributed by atoms with E-state index in [1.54, 1.807) is 13.2 Å². The molecule has 0 fully saturated rings. The highest BCUT2D eigenvalue weighted by molar-refractivity contribution is 5.93. The maximum atomic E-state index is 11.8. The molecule has 0 bridgehead atoms. The Hall–Kier alpha value is -2.35. The third kappa shape index (κ3) is 4.39. The van der Waals surface area contributed by atoms with E-state index < -0.39 is 0 Å². The van der Waals surface area contributed by atoms with E-state index in [0.717, 1.165) is 23.3 Å². The largest absolute Gasteiger partial charge is 0.497 e. The fraction of sp³-hybridized carbons (Fsp3) is 0.167. The molecule has 0 heterocycles. The van der Waals surface area contributed by atoms with Gasteiger partial charge in [0.05, 0.1) is 7.11 Å². The van der Waals surface area contributed by atoms with Gasteiger partial charge in [0.25, 0.3) is 0 Å². The molecule has 0 N–H and O–H groups in total. The second kappa shape index (κ2) is 7.29. The summed E-state index contributed by atoms with van der Waals surface area (Å²) >= 11 is 0. The zero-order chi connectivity index (χ0) is 14.2.